The van der Waals surface area contributed by atoms with Crippen LogP contribution in [0.1, 0.15) is 18.4 Å². The molecule has 4 nitrogen and oxygen atoms in total. The molecule has 2 aromatic rings. The minimum atomic E-state index is -0.268. The molecule has 23 heavy (non-hydrogen) atoms. The predicted molar refractivity (Wildman–Crippen MR) is 95.1 cm³/mol. The summed E-state index contributed by atoms with van der Waals surface area (Å²) in [5.74, 6) is 0.685. The molecule has 1 aliphatic carbocycles. The maximum absolute atomic E-state index is 12.6. The molecule has 0 spiro atoms. The largest absolute Gasteiger partial charge is 0.495 e. The number of rotatable bonds is 5. The molecule has 3 rings (SSSR count). The van der Waals surface area contributed by atoms with E-state index < -0.39 is 0 Å². The zero-order chi connectivity index (χ0) is 15.6. The quantitative estimate of drug-likeness (QED) is 0.821. The third-order valence-corrected chi connectivity index (χ3v) is 4.21. The Bertz CT molecular complexity index is 685. The highest BCUT2D eigenvalue weighted by atomic mass is 35.5. The highest BCUT2D eigenvalue weighted by Crippen LogP contribution is 2.49. The zero-order valence-corrected chi connectivity index (χ0v) is 13.9. The minimum absolute atomic E-state index is 0. The number of halogens is 1. The topological polar surface area (TPSA) is 64.3 Å². The van der Waals surface area contributed by atoms with E-state index in [1.54, 1.807) is 19.2 Å². The highest BCUT2D eigenvalue weighted by Gasteiger charge is 2.49. The van der Waals surface area contributed by atoms with Crippen LogP contribution in [0.3, 0.4) is 0 Å². The van der Waals surface area contributed by atoms with Crippen LogP contribution in [0, 0.1) is 5.41 Å². The van der Waals surface area contributed by atoms with Gasteiger partial charge in [0.1, 0.15) is 5.75 Å². The van der Waals surface area contributed by atoms with E-state index in [1.165, 1.54) is 5.56 Å². The van der Waals surface area contributed by atoms with E-state index in [1.807, 2.05) is 24.3 Å². The van der Waals surface area contributed by atoms with Crippen LogP contribution in [0.4, 0.5) is 11.4 Å². The van der Waals surface area contributed by atoms with Crippen molar-refractivity contribution >= 4 is 29.7 Å². The molecule has 0 radical (unpaired) electrons. The van der Waals surface area contributed by atoms with E-state index >= 15 is 0 Å². The van der Waals surface area contributed by atoms with Gasteiger partial charge in [0.25, 0.3) is 0 Å². The van der Waals surface area contributed by atoms with E-state index in [4.69, 9.17) is 10.5 Å². The maximum Gasteiger partial charge on any atom is 0.230 e. The molecule has 1 fully saturated rings. The summed E-state index contributed by atoms with van der Waals surface area (Å²) in [4.78, 5) is 12.6. The van der Waals surface area contributed by atoms with Crippen molar-refractivity contribution in [1.82, 2.24) is 0 Å². The summed E-state index contributed by atoms with van der Waals surface area (Å²) in [6.07, 6.45) is 2.64. The molecule has 1 saturated carbocycles. The van der Waals surface area contributed by atoms with Crippen LogP contribution in [0.2, 0.25) is 0 Å². The van der Waals surface area contributed by atoms with E-state index in [-0.39, 0.29) is 23.7 Å². The van der Waals surface area contributed by atoms with Crippen LogP contribution >= 0.6 is 12.4 Å². The lowest BCUT2D eigenvalue weighted by Gasteiger charge is -2.16. The van der Waals surface area contributed by atoms with Crippen molar-refractivity contribution < 1.29 is 9.53 Å². The van der Waals surface area contributed by atoms with Crippen LogP contribution in [0.25, 0.3) is 0 Å². The SMILES string of the molecule is COc1ccc(NC(=O)C2(Cc3ccccc3)CC2)cc1N.Cl. The van der Waals surface area contributed by atoms with Gasteiger partial charge in [-0.25, -0.2) is 0 Å². The number of hydrogen-bond acceptors (Lipinski definition) is 3. The lowest BCUT2D eigenvalue weighted by molar-refractivity contribution is -0.121. The molecule has 5 heteroatoms. The van der Waals surface area contributed by atoms with Crippen molar-refractivity contribution in [2.24, 2.45) is 5.41 Å². The number of benzene rings is 2. The lowest BCUT2D eigenvalue weighted by Crippen LogP contribution is -2.26. The number of carbonyl (C=O) groups excluding carboxylic acids is 1. The van der Waals surface area contributed by atoms with E-state index in [0.29, 0.717) is 17.1 Å². The third-order valence-electron chi connectivity index (χ3n) is 4.21. The molecular weight excluding hydrogens is 312 g/mol. The number of anilines is 2. The average molecular weight is 333 g/mol. The molecule has 0 bridgehead atoms. The maximum atomic E-state index is 12.6. The lowest BCUT2D eigenvalue weighted by atomic mass is 9.95. The number of nitrogens with one attached hydrogen (secondary N) is 1. The number of methoxy groups -OCH3 is 1. The van der Waals surface area contributed by atoms with Gasteiger partial charge in [0, 0.05) is 5.69 Å². The van der Waals surface area contributed by atoms with Gasteiger partial charge in [0.2, 0.25) is 5.91 Å². The Balaban J connectivity index is 0.00000192. The molecule has 0 aromatic heterocycles. The second-order valence-electron chi connectivity index (χ2n) is 5.85. The Labute approximate surface area is 142 Å². The summed E-state index contributed by atoms with van der Waals surface area (Å²) in [5, 5.41) is 2.98. The van der Waals surface area contributed by atoms with Gasteiger partial charge in [-0.15, -0.1) is 12.4 Å². The van der Waals surface area contributed by atoms with Gasteiger partial charge < -0.3 is 15.8 Å². The summed E-state index contributed by atoms with van der Waals surface area (Å²) < 4.78 is 5.13. The van der Waals surface area contributed by atoms with Crippen molar-refractivity contribution in [3.8, 4) is 5.75 Å². The molecule has 3 N–H and O–H groups in total. The first kappa shape index (κ1) is 17.2. The number of nitrogens with two attached hydrogens (primary N) is 1. The van der Waals surface area contributed by atoms with Crippen LogP contribution in [-0.2, 0) is 11.2 Å². The Morgan fingerprint density at radius 2 is 1.91 bits per heavy atom. The fraction of sp³-hybridized carbons (Fsp3) is 0.278. The number of ether oxygens (including phenoxy) is 1. The summed E-state index contributed by atoms with van der Waals surface area (Å²) in [6, 6.07) is 15.4. The molecule has 0 heterocycles. The number of amides is 1. The summed E-state index contributed by atoms with van der Waals surface area (Å²) in [6.45, 7) is 0. The predicted octanol–water partition coefficient (Wildman–Crippen LogP) is 3.66. The Morgan fingerprint density at radius 1 is 1.22 bits per heavy atom. The van der Waals surface area contributed by atoms with Crippen molar-refractivity contribution in [1.29, 1.82) is 0 Å². The average Bonchev–Trinajstić information content (AvgIpc) is 3.29. The molecule has 0 aliphatic heterocycles. The molecule has 1 amide bonds. The second kappa shape index (κ2) is 6.92. The normalized spacial score (nSPS) is 14.5. The first-order valence-electron chi connectivity index (χ1n) is 7.42. The zero-order valence-electron chi connectivity index (χ0n) is 13.0. The smallest absolute Gasteiger partial charge is 0.230 e. The van der Waals surface area contributed by atoms with Gasteiger partial charge in [-0.2, -0.15) is 0 Å². The first-order valence-corrected chi connectivity index (χ1v) is 7.42. The molecule has 0 unspecified atom stereocenters. The molecule has 122 valence electrons. The van der Waals surface area contributed by atoms with Gasteiger partial charge in [-0.1, -0.05) is 30.3 Å². The number of carbonyl (C=O) groups is 1. The summed E-state index contributed by atoms with van der Waals surface area (Å²) in [5.41, 5.74) is 8.04. The van der Waals surface area contributed by atoms with Crippen molar-refractivity contribution in [3.05, 3.63) is 54.1 Å². The highest BCUT2D eigenvalue weighted by molar-refractivity contribution is 5.97. The van der Waals surface area contributed by atoms with Crippen LogP contribution < -0.4 is 15.8 Å². The van der Waals surface area contributed by atoms with Crippen LogP contribution in [0.5, 0.6) is 5.75 Å². The van der Waals surface area contributed by atoms with Crippen LogP contribution in [-0.4, -0.2) is 13.0 Å². The standard InChI is InChI=1S/C18H20N2O2.ClH/c1-22-16-8-7-14(11-15(16)19)20-17(21)18(9-10-18)12-13-5-3-2-4-6-13;/h2-8,11H,9-10,12,19H2,1H3,(H,20,21);1H. The fourth-order valence-corrected chi connectivity index (χ4v) is 2.70. The third kappa shape index (κ3) is 3.77. The van der Waals surface area contributed by atoms with Crippen molar-refractivity contribution in [3.63, 3.8) is 0 Å². The molecule has 1 aliphatic rings. The summed E-state index contributed by atoms with van der Waals surface area (Å²) >= 11 is 0. The van der Waals surface area contributed by atoms with Crippen molar-refractivity contribution in [2.75, 3.05) is 18.2 Å². The molecular formula is C18H21ClN2O2. The van der Waals surface area contributed by atoms with Gasteiger partial charge in [0.15, 0.2) is 0 Å². The molecule has 0 saturated heterocycles. The first-order chi connectivity index (χ1) is 10.6. The van der Waals surface area contributed by atoms with Crippen LogP contribution in [0.15, 0.2) is 48.5 Å². The molecule has 2 aromatic carbocycles. The minimum Gasteiger partial charge on any atom is -0.495 e. The molecule has 0 atom stereocenters. The van der Waals surface area contributed by atoms with E-state index in [2.05, 4.69) is 17.4 Å². The van der Waals surface area contributed by atoms with Crippen molar-refractivity contribution in [2.45, 2.75) is 19.3 Å². The number of nitrogen functional groups attached to an aromatic ring is 1. The summed E-state index contributed by atoms with van der Waals surface area (Å²) in [7, 11) is 1.57. The van der Waals surface area contributed by atoms with Gasteiger partial charge in [0.05, 0.1) is 18.2 Å². The second-order valence-corrected chi connectivity index (χ2v) is 5.85. The van der Waals surface area contributed by atoms with E-state index in [9.17, 15) is 4.79 Å². The van der Waals surface area contributed by atoms with Gasteiger partial charge >= 0.3 is 0 Å². The van der Waals surface area contributed by atoms with E-state index in [0.717, 1.165) is 19.3 Å². The fourth-order valence-electron chi connectivity index (χ4n) is 2.70. The Morgan fingerprint density at radius 3 is 2.48 bits per heavy atom. The number of hydrogen-bond donors (Lipinski definition) is 2. The Hall–Kier alpha value is -2.20. The van der Waals surface area contributed by atoms with Gasteiger partial charge in [-0.05, 0) is 43.0 Å². The Kier molecular flexibility index (Phi) is 5.16. The monoisotopic (exact) mass is 332 g/mol. The van der Waals surface area contributed by atoms with Gasteiger partial charge in [-0.3, -0.25) is 4.79 Å².